The third-order valence-corrected chi connectivity index (χ3v) is 4.90. The van der Waals surface area contributed by atoms with Gasteiger partial charge in [-0.15, -0.1) is 11.3 Å². The summed E-state index contributed by atoms with van der Waals surface area (Å²) in [6.45, 7) is 3.37. The van der Waals surface area contributed by atoms with E-state index in [1.165, 1.54) is 23.3 Å². The molecule has 0 radical (unpaired) electrons. The Labute approximate surface area is 159 Å². The van der Waals surface area contributed by atoms with E-state index in [0.717, 1.165) is 27.0 Å². The van der Waals surface area contributed by atoms with Crippen molar-refractivity contribution in [1.29, 1.82) is 0 Å². The quantitative estimate of drug-likeness (QED) is 0.427. The summed E-state index contributed by atoms with van der Waals surface area (Å²) in [5.41, 5.74) is 3.55. The van der Waals surface area contributed by atoms with Gasteiger partial charge in [0.25, 0.3) is 0 Å². The molecule has 25 heavy (non-hydrogen) atoms. The van der Waals surface area contributed by atoms with Crippen LogP contribution in [0, 0.1) is 0 Å². The van der Waals surface area contributed by atoms with Crippen LogP contribution in [0.1, 0.15) is 19.4 Å². The van der Waals surface area contributed by atoms with E-state index in [9.17, 15) is 4.79 Å². The van der Waals surface area contributed by atoms with Crippen LogP contribution in [0.3, 0.4) is 0 Å². The van der Waals surface area contributed by atoms with Crippen LogP contribution in [0.15, 0.2) is 69.6 Å². The number of hydrogen-bond acceptors (Lipinski definition) is 4. The molecule has 0 atom stereocenters. The van der Waals surface area contributed by atoms with Gasteiger partial charge in [0.1, 0.15) is 0 Å². The molecule has 0 saturated heterocycles. The number of thiazole rings is 1. The first-order chi connectivity index (χ1) is 12.0. The van der Waals surface area contributed by atoms with E-state index < -0.39 is 0 Å². The fraction of sp³-hybridized carbons (Fsp3) is 0.105. The van der Waals surface area contributed by atoms with Crippen LogP contribution < -0.4 is 5.01 Å². The van der Waals surface area contributed by atoms with Gasteiger partial charge in [0.15, 0.2) is 0 Å². The lowest BCUT2D eigenvalue weighted by Gasteiger charge is -2.13. The number of hydrazone groups is 1. The monoisotopic (exact) mass is 413 g/mol. The lowest BCUT2D eigenvalue weighted by molar-refractivity contribution is -0.116. The second kappa shape index (κ2) is 7.72. The molecule has 126 valence electrons. The lowest BCUT2D eigenvalue weighted by Crippen LogP contribution is -2.23. The highest BCUT2D eigenvalue weighted by atomic mass is 79.9. The molecule has 0 aliphatic carbocycles. The number of amides is 1. The van der Waals surface area contributed by atoms with Crippen molar-refractivity contribution in [3.8, 4) is 11.3 Å². The zero-order valence-corrected chi connectivity index (χ0v) is 16.2. The van der Waals surface area contributed by atoms with Crippen molar-refractivity contribution in [1.82, 2.24) is 4.98 Å². The van der Waals surface area contributed by atoms with Gasteiger partial charge < -0.3 is 0 Å². The van der Waals surface area contributed by atoms with Gasteiger partial charge in [-0.3, -0.25) is 4.79 Å². The maximum absolute atomic E-state index is 12.1. The Hall–Kier alpha value is -2.31. The molecule has 2 aromatic carbocycles. The van der Waals surface area contributed by atoms with Crippen molar-refractivity contribution >= 4 is 44.0 Å². The van der Waals surface area contributed by atoms with E-state index >= 15 is 0 Å². The topological polar surface area (TPSA) is 45.6 Å². The summed E-state index contributed by atoms with van der Waals surface area (Å²) >= 11 is 4.82. The van der Waals surface area contributed by atoms with Crippen LogP contribution in [0.2, 0.25) is 0 Å². The Kier molecular flexibility index (Phi) is 5.40. The standard InChI is InChI=1S/C19H16BrN3OS/c1-13(15-8-10-17(20)11-9-15)22-23(14(2)24)19-21-18(12-25-19)16-6-4-3-5-7-16/h3-12H,1-2H3/b22-13+. The minimum Gasteiger partial charge on any atom is -0.273 e. The van der Waals surface area contributed by atoms with Gasteiger partial charge in [-0.25, -0.2) is 4.98 Å². The molecule has 0 bridgehead atoms. The van der Waals surface area contributed by atoms with Gasteiger partial charge in [0.05, 0.1) is 11.4 Å². The molecule has 6 heteroatoms. The number of aromatic nitrogens is 1. The van der Waals surface area contributed by atoms with Crippen molar-refractivity contribution < 1.29 is 4.79 Å². The number of carbonyl (C=O) groups is 1. The number of benzene rings is 2. The number of hydrogen-bond donors (Lipinski definition) is 0. The summed E-state index contributed by atoms with van der Waals surface area (Å²) in [4.78, 5) is 16.7. The largest absolute Gasteiger partial charge is 0.273 e. The minimum atomic E-state index is -0.176. The average Bonchev–Trinajstić information content (AvgIpc) is 3.10. The summed E-state index contributed by atoms with van der Waals surface area (Å²) in [5, 5.41) is 8.34. The number of carbonyl (C=O) groups excluding carboxylic acids is 1. The highest BCUT2D eigenvalue weighted by Crippen LogP contribution is 2.28. The zero-order valence-electron chi connectivity index (χ0n) is 13.8. The van der Waals surface area contributed by atoms with Crippen molar-refractivity contribution in [3.63, 3.8) is 0 Å². The van der Waals surface area contributed by atoms with E-state index in [4.69, 9.17) is 0 Å². The number of anilines is 1. The molecule has 0 saturated carbocycles. The predicted molar refractivity (Wildman–Crippen MR) is 107 cm³/mol. The first-order valence-corrected chi connectivity index (χ1v) is 9.34. The first kappa shape index (κ1) is 17.5. The van der Waals surface area contributed by atoms with Gasteiger partial charge in [0.2, 0.25) is 11.0 Å². The summed E-state index contributed by atoms with van der Waals surface area (Å²) in [6.07, 6.45) is 0. The number of halogens is 1. The lowest BCUT2D eigenvalue weighted by atomic mass is 10.1. The second-order valence-electron chi connectivity index (χ2n) is 5.40. The molecule has 0 aliphatic heterocycles. The molecule has 1 amide bonds. The van der Waals surface area contributed by atoms with Gasteiger partial charge in [-0.05, 0) is 24.6 Å². The van der Waals surface area contributed by atoms with Gasteiger partial charge in [-0.1, -0.05) is 58.4 Å². The molecule has 0 N–H and O–H groups in total. The first-order valence-electron chi connectivity index (χ1n) is 7.67. The van der Waals surface area contributed by atoms with Crippen molar-refractivity contribution in [2.45, 2.75) is 13.8 Å². The fourth-order valence-corrected chi connectivity index (χ4v) is 3.34. The fourth-order valence-electron chi connectivity index (χ4n) is 2.25. The molecule has 4 nitrogen and oxygen atoms in total. The maximum Gasteiger partial charge on any atom is 0.246 e. The van der Waals surface area contributed by atoms with Crippen molar-refractivity contribution in [2.24, 2.45) is 5.10 Å². The van der Waals surface area contributed by atoms with Gasteiger partial charge in [0, 0.05) is 22.3 Å². The molecule has 0 aliphatic rings. The highest BCUT2D eigenvalue weighted by molar-refractivity contribution is 9.10. The third-order valence-electron chi connectivity index (χ3n) is 3.55. The maximum atomic E-state index is 12.1. The number of nitrogens with zero attached hydrogens (tertiary/aromatic N) is 3. The van der Waals surface area contributed by atoms with E-state index in [1.54, 1.807) is 0 Å². The minimum absolute atomic E-state index is 0.176. The molecule has 1 aromatic heterocycles. The summed E-state index contributed by atoms with van der Waals surface area (Å²) in [5.74, 6) is -0.176. The van der Waals surface area contributed by atoms with Gasteiger partial charge in [-0.2, -0.15) is 10.1 Å². The van der Waals surface area contributed by atoms with Crippen molar-refractivity contribution in [3.05, 3.63) is 70.0 Å². The van der Waals surface area contributed by atoms with E-state index in [0.29, 0.717) is 5.13 Å². The summed E-state index contributed by atoms with van der Waals surface area (Å²) < 4.78 is 1.000. The molecular formula is C19H16BrN3OS. The Morgan fingerprint density at radius 2 is 1.76 bits per heavy atom. The summed E-state index contributed by atoms with van der Waals surface area (Å²) in [7, 11) is 0. The molecule has 3 aromatic rings. The van der Waals surface area contributed by atoms with E-state index in [-0.39, 0.29) is 5.91 Å². The van der Waals surface area contributed by atoms with Crippen LogP contribution in [-0.2, 0) is 4.79 Å². The van der Waals surface area contributed by atoms with Crippen LogP contribution in [0.25, 0.3) is 11.3 Å². The molecule has 0 spiro atoms. The van der Waals surface area contributed by atoms with E-state index in [2.05, 4.69) is 26.0 Å². The molecule has 0 fully saturated rings. The SMILES string of the molecule is CC(=O)N(/N=C(\C)c1ccc(Br)cc1)c1nc(-c2ccccc2)cs1. The predicted octanol–water partition coefficient (Wildman–Crippen LogP) is 5.35. The average molecular weight is 414 g/mol. The van der Waals surface area contributed by atoms with Gasteiger partial charge >= 0.3 is 0 Å². The van der Waals surface area contributed by atoms with Crippen LogP contribution in [0.5, 0.6) is 0 Å². The zero-order chi connectivity index (χ0) is 17.8. The van der Waals surface area contributed by atoms with Crippen LogP contribution in [-0.4, -0.2) is 16.6 Å². The highest BCUT2D eigenvalue weighted by Gasteiger charge is 2.16. The third kappa shape index (κ3) is 4.21. The smallest absolute Gasteiger partial charge is 0.246 e. The van der Waals surface area contributed by atoms with Crippen LogP contribution in [0.4, 0.5) is 5.13 Å². The van der Waals surface area contributed by atoms with Crippen LogP contribution >= 0.6 is 27.3 Å². The Bertz CT molecular complexity index is 904. The molecule has 0 unspecified atom stereocenters. The molecular weight excluding hydrogens is 398 g/mol. The van der Waals surface area contributed by atoms with Crippen molar-refractivity contribution in [2.75, 3.05) is 5.01 Å². The van der Waals surface area contributed by atoms with E-state index in [1.807, 2.05) is 66.9 Å². The Balaban J connectivity index is 1.92. The summed E-state index contributed by atoms with van der Waals surface area (Å²) in [6, 6.07) is 17.7. The molecule has 1 heterocycles. The second-order valence-corrected chi connectivity index (χ2v) is 7.16. The Morgan fingerprint density at radius 3 is 2.40 bits per heavy atom. The Morgan fingerprint density at radius 1 is 1.08 bits per heavy atom. The number of rotatable bonds is 4. The molecule has 3 rings (SSSR count). The normalized spacial score (nSPS) is 11.4.